The highest BCUT2D eigenvalue weighted by Crippen LogP contribution is 2.24. The van der Waals surface area contributed by atoms with E-state index in [1.165, 1.54) is 5.69 Å². The van der Waals surface area contributed by atoms with Gasteiger partial charge in [-0.15, -0.1) is 0 Å². The smallest absolute Gasteiger partial charge is 0.262 e. The number of rotatable bonds is 5. The molecule has 0 bridgehead atoms. The second-order valence-electron chi connectivity index (χ2n) is 6.25. The Morgan fingerprint density at radius 1 is 1.12 bits per heavy atom. The molecule has 0 spiro atoms. The van der Waals surface area contributed by atoms with E-state index in [0.717, 1.165) is 43.1 Å². The number of aryl methyl sites for hydroxylation is 2. The van der Waals surface area contributed by atoms with Crippen molar-refractivity contribution >= 4 is 17.3 Å². The maximum absolute atomic E-state index is 12.1. The van der Waals surface area contributed by atoms with Crippen LogP contribution in [0, 0.1) is 13.8 Å². The third kappa shape index (κ3) is 4.73. The number of ether oxygens (including phenoxy) is 2. The standard InChI is InChI=1S/C20H24N2O3/c1-15-3-6-18(7-4-15)25-14-20(23)21-17-5-8-19(16(2)13-17)22-9-11-24-12-10-22/h3-8,13H,9-12,14H2,1-2H3,(H,21,23). The molecule has 2 aromatic carbocycles. The van der Waals surface area contributed by atoms with Crippen molar-refractivity contribution in [2.45, 2.75) is 13.8 Å². The van der Waals surface area contributed by atoms with Gasteiger partial charge in [-0.25, -0.2) is 0 Å². The third-order valence-corrected chi connectivity index (χ3v) is 4.22. The summed E-state index contributed by atoms with van der Waals surface area (Å²) >= 11 is 0. The molecule has 3 rings (SSSR count). The zero-order valence-corrected chi connectivity index (χ0v) is 14.7. The van der Waals surface area contributed by atoms with Crippen LogP contribution in [-0.2, 0) is 9.53 Å². The second-order valence-corrected chi connectivity index (χ2v) is 6.25. The molecule has 5 heteroatoms. The van der Waals surface area contributed by atoms with E-state index in [1.807, 2.05) is 43.3 Å². The van der Waals surface area contributed by atoms with Gasteiger partial charge in [0.05, 0.1) is 13.2 Å². The number of carbonyl (C=O) groups is 1. The van der Waals surface area contributed by atoms with Crippen LogP contribution < -0.4 is 15.0 Å². The lowest BCUT2D eigenvalue weighted by Crippen LogP contribution is -2.36. The Morgan fingerprint density at radius 2 is 1.84 bits per heavy atom. The highest BCUT2D eigenvalue weighted by molar-refractivity contribution is 5.92. The van der Waals surface area contributed by atoms with Crippen LogP contribution in [0.3, 0.4) is 0 Å². The molecule has 25 heavy (non-hydrogen) atoms. The van der Waals surface area contributed by atoms with Gasteiger partial charge in [0, 0.05) is 24.5 Å². The topological polar surface area (TPSA) is 50.8 Å². The highest BCUT2D eigenvalue weighted by Gasteiger charge is 2.14. The van der Waals surface area contributed by atoms with Gasteiger partial charge in [-0.1, -0.05) is 17.7 Å². The summed E-state index contributed by atoms with van der Waals surface area (Å²) in [6, 6.07) is 13.6. The summed E-state index contributed by atoms with van der Waals surface area (Å²) in [4.78, 5) is 14.4. The fraction of sp³-hybridized carbons (Fsp3) is 0.350. The zero-order chi connectivity index (χ0) is 17.6. The van der Waals surface area contributed by atoms with Crippen molar-refractivity contribution in [1.29, 1.82) is 0 Å². The Hall–Kier alpha value is -2.53. The third-order valence-electron chi connectivity index (χ3n) is 4.22. The van der Waals surface area contributed by atoms with Crippen LogP contribution in [0.5, 0.6) is 5.75 Å². The van der Waals surface area contributed by atoms with E-state index < -0.39 is 0 Å². The molecule has 1 aliphatic rings. The first kappa shape index (κ1) is 17.3. The number of carbonyl (C=O) groups excluding carboxylic acids is 1. The minimum atomic E-state index is -0.168. The number of anilines is 2. The van der Waals surface area contributed by atoms with Gasteiger partial charge in [-0.2, -0.15) is 0 Å². The van der Waals surface area contributed by atoms with Crippen molar-refractivity contribution in [2.75, 3.05) is 43.1 Å². The monoisotopic (exact) mass is 340 g/mol. The van der Waals surface area contributed by atoms with E-state index in [0.29, 0.717) is 5.75 Å². The second kappa shape index (κ2) is 8.03. The van der Waals surface area contributed by atoms with Crippen molar-refractivity contribution in [3.05, 3.63) is 53.6 Å². The Balaban J connectivity index is 1.55. The summed E-state index contributed by atoms with van der Waals surface area (Å²) in [5, 5.41) is 2.89. The predicted octanol–water partition coefficient (Wildman–Crippen LogP) is 3.16. The Morgan fingerprint density at radius 3 is 2.52 bits per heavy atom. The minimum absolute atomic E-state index is 0.00662. The van der Waals surface area contributed by atoms with Crippen LogP contribution in [0.2, 0.25) is 0 Å². The lowest BCUT2D eigenvalue weighted by molar-refractivity contribution is -0.118. The van der Waals surface area contributed by atoms with E-state index in [9.17, 15) is 4.79 Å². The van der Waals surface area contributed by atoms with E-state index in [1.54, 1.807) is 0 Å². The van der Waals surface area contributed by atoms with Crippen LogP contribution in [-0.4, -0.2) is 38.8 Å². The molecule has 5 nitrogen and oxygen atoms in total. The summed E-state index contributed by atoms with van der Waals surface area (Å²) in [6.45, 7) is 7.38. The van der Waals surface area contributed by atoms with Gasteiger partial charge in [0.15, 0.2) is 6.61 Å². The molecule has 2 aromatic rings. The average Bonchev–Trinajstić information content (AvgIpc) is 2.62. The number of amides is 1. The van der Waals surface area contributed by atoms with Crippen LogP contribution in [0.25, 0.3) is 0 Å². The molecule has 1 heterocycles. The summed E-state index contributed by atoms with van der Waals surface area (Å²) in [6.07, 6.45) is 0. The summed E-state index contributed by atoms with van der Waals surface area (Å²) in [5.74, 6) is 0.527. The highest BCUT2D eigenvalue weighted by atomic mass is 16.5. The Kier molecular flexibility index (Phi) is 5.56. The first-order chi connectivity index (χ1) is 12.1. The Bertz CT molecular complexity index is 722. The van der Waals surface area contributed by atoms with Crippen LogP contribution in [0.4, 0.5) is 11.4 Å². The summed E-state index contributed by atoms with van der Waals surface area (Å²) in [5.41, 5.74) is 4.27. The Labute approximate surface area is 148 Å². The molecule has 0 aliphatic carbocycles. The van der Waals surface area contributed by atoms with Crippen LogP contribution in [0.1, 0.15) is 11.1 Å². The average molecular weight is 340 g/mol. The fourth-order valence-corrected chi connectivity index (χ4v) is 2.87. The lowest BCUT2D eigenvalue weighted by Gasteiger charge is -2.30. The van der Waals surface area contributed by atoms with Gasteiger partial charge in [-0.05, 0) is 49.7 Å². The summed E-state index contributed by atoms with van der Waals surface area (Å²) < 4.78 is 10.9. The van der Waals surface area contributed by atoms with Gasteiger partial charge in [0.2, 0.25) is 0 Å². The molecule has 0 aromatic heterocycles. The number of nitrogens with zero attached hydrogens (tertiary/aromatic N) is 1. The molecule has 1 fully saturated rings. The molecule has 1 aliphatic heterocycles. The lowest BCUT2D eigenvalue weighted by atomic mass is 10.1. The van der Waals surface area contributed by atoms with Gasteiger partial charge in [0.25, 0.3) is 5.91 Å². The molecule has 0 unspecified atom stereocenters. The van der Waals surface area contributed by atoms with Crippen molar-refractivity contribution in [3.63, 3.8) is 0 Å². The molecule has 132 valence electrons. The minimum Gasteiger partial charge on any atom is -0.484 e. The molecule has 0 saturated carbocycles. The predicted molar refractivity (Wildman–Crippen MR) is 99.5 cm³/mol. The molecule has 0 radical (unpaired) electrons. The molecular formula is C20H24N2O3. The van der Waals surface area contributed by atoms with Crippen molar-refractivity contribution in [3.8, 4) is 5.75 Å². The van der Waals surface area contributed by atoms with Crippen LogP contribution in [0.15, 0.2) is 42.5 Å². The first-order valence-electron chi connectivity index (χ1n) is 8.54. The van der Waals surface area contributed by atoms with Gasteiger partial charge in [0.1, 0.15) is 5.75 Å². The largest absolute Gasteiger partial charge is 0.484 e. The normalized spacial score (nSPS) is 14.2. The van der Waals surface area contributed by atoms with E-state index in [4.69, 9.17) is 9.47 Å². The van der Waals surface area contributed by atoms with Crippen LogP contribution >= 0.6 is 0 Å². The maximum Gasteiger partial charge on any atom is 0.262 e. The molecular weight excluding hydrogens is 316 g/mol. The van der Waals surface area contributed by atoms with E-state index >= 15 is 0 Å². The number of nitrogens with one attached hydrogen (secondary N) is 1. The zero-order valence-electron chi connectivity index (χ0n) is 14.7. The van der Waals surface area contributed by atoms with E-state index in [2.05, 4.69) is 23.2 Å². The van der Waals surface area contributed by atoms with E-state index in [-0.39, 0.29) is 12.5 Å². The quantitative estimate of drug-likeness (QED) is 0.908. The van der Waals surface area contributed by atoms with Crippen molar-refractivity contribution < 1.29 is 14.3 Å². The molecule has 1 amide bonds. The number of morpholine rings is 1. The van der Waals surface area contributed by atoms with Gasteiger partial charge < -0.3 is 19.7 Å². The SMILES string of the molecule is Cc1ccc(OCC(=O)Nc2ccc(N3CCOCC3)c(C)c2)cc1. The molecule has 0 atom stereocenters. The van der Waals surface area contributed by atoms with Gasteiger partial charge >= 0.3 is 0 Å². The van der Waals surface area contributed by atoms with Gasteiger partial charge in [-0.3, -0.25) is 4.79 Å². The number of hydrogen-bond acceptors (Lipinski definition) is 4. The molecule has 1 saturated heterocycles. The number of benzene rings is 2. The fourth-order valence-electron chi connectivity index (χ4n) is 2.87. The molecule has 1 N–H and O–H groups in total. The number of hydrogen-bond donors (Lipinski definition) is 1. The van der Waals surface area contributed by atoms with Crippen molar-refractivity contribution in [1.82, 2.24) is 0 Å². The maximum atomic E-state index is 12.1. The van der Waals surface area contributed by atoms with Crippen molar-refractivity contribution in [2.24, 2.45) is 0 Å². The first-order valence-corrected chi connectivity index (χ1v) is 8.54. The summed E-state index contributed by atoms with van der Waals surface area (Å²) in [7, 11) is 0.